The summed E-state index contributed by atoms with van der Waals surface area (Å²) in [4.78, 5) is 22.4. The van der Waals surface area contributed by atoms with E-state index in [1.807, 2.05) is 26.0 Å². The first-order valence-corrected chi connectivity index (χ1v) is 11.8. The number of benzene rings is 2. The lowest BCUT2D eigenvalue weighted by molar-refractivity contribution is 0.0952. The third kappa shape index (κ3) is 4.65. The van der Waals surface area contributed by atoms with Crippen molar-refractivity contribution in [1.82, 2.24) is 24.8 Å². The second kappa shape index (κ2) is 9.65. The molecule has 7 heteroatoms. The number of aromatic nitrogens is 3. The van der Waals surface area contributed by atoms with E-state index in [1.165, 1.54) is 11.3 Å². The van der Waals surface area contributed by atoms with Crippen molar-refractivity contribution in [3.63, 3.8) is 0 Å². The highest BCUT2D eigenvalue weighted by atomic mass is 16.1. The number of nitrogens with one attached hydrogen (secondary N) is 1. The van der Waals surface area contributed by atoms with Gasteiger partial charge in [-0.3, -0.25) is 9.69 Å². The molecule has 0 unspecified atom stereocenters. The number of hydrogen-bond donors (Lipinski definition) is 1. The number of para-hydroxylation sites is 1. The summed E-state index contributed by atoms with van der Waals surface area (Å²) in [6.07, 6.45) is 1.60. The van der Waals surface area contributed by atoms with Gasteiger partial charge in [-0.1, -0.05) is 42.5 Å². The van der Waals surface area contributed by atoms with Gasteiger partial charge in [0.1, 0.15) is 5.56 Å². The molecule has 3 heterocycles. The van der Waals surface area contributed by atoms with Gasteiger partial charge in [0.15, 0.2) is 5.65 Å². The number of anilines is 1. The van der Waals surface area contributed by atoms with Gasteiger partial charge in [-0.15, -0.1) is 0 Å². The van der Waals surface area contributed by atoms with Crippen molar-refractivity contribution < 1.29 is 4.79 Å². The number of amides is 1. The molecule has 1 amide bonds. The Morgan fingerprint density at radius 1 is 0.941 bits per heavy atom. The highest BCUT2D eigenvalue weighted by Crippen LogP contribution is 2.18. The maximum Gasteiger partial charge on any atom is 0.257 e. The monoisotopic (exact) mass is 454 g/mol. The zero-order chi connectivity index (χ0) is 23.5. The zero-order valence-corrected chi connectivity index (χ0v) is 19.7. The molecular formula is C27H30N6O. The molecule has 0 bridgehead atoms. The molecule has 5 rings (SSSR count). The van der Waals surface area contributed by atoms with Crippen LogP contribution >= 0.6 is 0 Å². The van der Waals surface area contributed by atoms with Crippen molar-refractivity contribution in [1.29, 1.82) is 0 Å². The fourth-order valence-electron chi connectivity index (χ4n) is 4.63. The molecule has 0 saturated carbocycles. The minimum Gasteiger partial charge on any atom is -0.369 e. The zero-order valence-electron chi connectivity index (χ0n) is 19.7. The summed E-state index contributed by atoms with van der Waals surface area (Å²) in [7, 11) is 0. The first kappa shape index (κ1) is 22.1. The van der Waals surface area contributed by atoms with Crippen molar-refractivity contribution in [2.75, 3.05) is 31.1 Å². The van der Waals surface area contributed by atoms with Crippen LogP contribution in [0.1, 0.15) is 32.9 Å². The van der Waals surface area contributed by atoms with E-state index in [4.69, 9.17) is 0 Å². The number of fused-ring (bicyclic) bond motifs is 1. The van der Waals surface area contributed by atoms with Crippen LogP contribution in [0.4, 0.5) is 5.69 Å². The molecule has 0 spiro atoms. The van der Waals surface area contributed by atoms with Gasteiger partial charge in [-0.05, 0) is 43.2 Å². The van der Waals surface area contributed by atoms with Crippen molar-refractivity contribution in [3.8, 4) is 0 Å². The van der Waals surface area contributed by atoms with Crippen LogP contribution in [-0.2, 0) is 13.1 Å². The van der Waals surface area contributed by atoms with E-state index in [0.717, 1.165) is 49.7 Å². The van der Waals surface area contributed by atoms with Gasteiger partial charge in [0, 0.05) is 56.3 Å². The number of rotatable bonds is 6. The molecule has 4 aromatic rings. The number of carbonyl (C=O) groups excluding carboxylic acids is 1. The van der Waals surface area contributed by atoms with E-state index in [0.29, 0.717) is 17.8 Å². The third-order valence-electron chi connectivity index (χ3n) is 6.47. The summed E-state index contributed by atoms with van der Waals surface area (Å²) in [6, 6.07) is 20.9. The Morgan fingerprint density at radius 2 is 1.65 bits per heavy atom. The van der Waals surface area contributed by atoms with Crippen LogP contribution < -0.4 is 10.2 Å². The Labute approximate surface area is 200 Å². The summed E-state index contributed by atoms with van der Waals surface area (Å²) in [5.41, 5.74) is 6.61. The maximum atomic E-state index is 13.0. The maximum absolute atomic E-state index is 13.0. The Hall–Kier alpha value is -3.71. The van der Waals surface area contributed by atoms with Gasteiger partial charge >= 0.3 is 0 Å². The summed E-state index contributed by atoms with van der Waals surface area (Å²) < 4.78 is 1.71. The van der Waals surface area contributed by atoms with Gasteiger partial charge in [0.2, 0.25) is 0 Å². The quantitative estimate of drug-likeness (QED) is 0.482. The fourth-order valence-corrected chi connectivity index (χ4v) is 4.63. The number of nitrogens with zero attached hydrogens (tertiary/aromatic N) is 5. The van der Waals surface area contributed by atoms with Crippen LogP contribution in [-0.4, -0.2) is 51.6 Å². The Balaban J connectivity index is 1.22. The van der Waals surface area contributed by atoms with Gasteiger partial charge in [0.25, 0.3) is 5.91 Å². The number of aryl methyl sites for hydroxylation is 2. The minimum atomic E-state index is -0.154. The lowest BCUT2D eigenvalue weighted by Crippen LogP contribution is -2.46. The van der Waals surface area contributed by atoms with Crippen molar-refractivity contribution >= 4 is 17.2 Å². The first-order chi connectivity index (χ1) is 16.6. The molecule has 7 nitrogen and oxygen atoms in total. The summed E-state index contributed by atoms with van der Waals surface area (Å²) in [6.45, 7) is 9.31. The average Bonchev–Trinajstić information content (AvgIpc) is 3.29. The highest BCUT2D eigenvalue weighted by Gasteiger charge is 2.19. The molecule has 1 N–H and O–H groups in total. The minimum absolute atomic E-state index is 0.154. The molecular weight excluding hydrogens is 424 g/mol. The van der Waals surface area contributed by atoms with Crippen molar-refractivity contribution in [2.24, 2.45) is 0 Å². The molecule has 0 atom stereocenters. The lowest BCUT2D eigenvalue weighted by Gasteiger charge is -2.36. The predicted molar refractivity (Wildman–Crippen MR) is 134 cm³/mol. The summed E-state index contributed by atoms with van der Waals surface area (Å²) in [5.74, 6) is -0.154. The first-order valence-electron chi connectivity index (χ1n) is 11.8. The molecule has 0 aliphatic carbocycles. The van der Waals surface area contributed by atoms with Gasteiger partial charge < -0.3 is 10.2 Å². The number of hydrogen-bond acceptors (Lipinski definition) is 5. The van der Waals surface area contributed by atoms with E-state index >= 15 is 0 Å². The van der Waals surface area contributed by atoms with Gasteiger partial charge in [-0.2, -0.15) is 5.10 Å². The molecule has 0 radical (unpaired) electrons. The molecule has 1 saturated heterocycles. The second-order valence-corrected chi connectivity index (χ2v) is 8.88. The Bertz CT molecular complexity index is 1290. The van der Waals surface area contributed by atoms with E-state index in [1.54, 1.807) is 10.7 Å². The SMILES string of the molecule is Cc1cc(C)n2ncc(C(=O)NCc3ccccc3CN3CCN(c4ccccc4)CC3)c2n1. The lowest BCUT2D eigenvalue weighted by atomic mass is 10.1. The van der Waals surface area contributed by atoms with Crippen LogP contribution in [0.3, 0.4) is 0 Å². The Morgan fingerprint density at radius 3 is 2.41 bits per heavy atom. The van der Waals surface area contributed by atoms with E-state index < -0.39 is 0 Å². The van der Waals surface area contributed by atoms with Crippen LogP contribution in [0.2, 0.25) is 0 Å². The normalized spacial score (nSPS) is 14.5. The van der Waals surface area contributed by atoms with Crippen LogP contribution in [0.5, 0.6) is 0 Å². The second-order valence-electron chi connectivity index (χ2n) is 8.88. The van der Waals surface area contributed by atoms with Crippen LogP contribution in [0, 0.1) is 13.8 Å². The topological polar surface area (TPSA) is 65.8 Å². The predicted octanol–water partition coefficient (Wildman–Crippen LogP) is 3.60. The average molecular weight is 455 g/mol. The van der Waals surface area contributed by atoms with Crippen molar-refractivity contribution in [3.05, 3.63) is 94.9 Å². The van der Waals surface area contributed by atoms with Crippen LogP contribution in [0.25, 0.3) is 5.65 Å². The fraction of sp³-hybridized carbons (Fsp3) is 0.296. The summed E-state index contributed by atoms with van der Waals surface area (Å²) >= 11 is 0. The van der Waals surface area contributed by atoms with E-state index in [9.17, 15) is 4.79 Å². The third-order valence-corrected chi connectivity index (χ3v) is 6.47. The Kier molecular flexibility index (Phi) is 6.27. The molecule has 1 fully saturated rings. The molecule has 34 heavy (non-hydrogen) atoms. The smallest absolute Gasteiger partial charge is 0.257 e. The highest BCUT2D eigenvalue weighted by molar-refractivity contribution is 5.99. The van der Waals surface area contributed by atoms with Crippen molar-refractivity contribution in [2.45, 2.75) is 26.9 Å². The summed E-state index contributed by atoms with van der Waals surface area (Å²) in [5, 5.41) is 7.42. The standard InChI is InChI=1S/C27H30N6O/c1-20-16-21(2)33-26(30-20)25(18-29-33)27(34)28-17-22-8-6-7-9-23(22)19-31-12-14-32(15-13-31)24-10-4-3-5-11-24/h3-11,16,18H,12-15,17,19H2,1-2H3,(H,28,34). The van der Waals surface area contributed by atoms with E-state index in [2.05, 4.69) is 73.7 Å². The molecule has 2 aromatic carbocycles. The van der Waals surface area contributed by atoms with Gasteiger partial charge in [0.05, 0.1) is 6.20 Å². The largest absolute Gasteiger partial charge is 0.369 e. The van der Waals surface area contributed by atoms with E-state index in [-0.39, 0.29) is 5.91 Å². The number of piperazine rings is 1. The molecule has 2 aromatic heterocycles. The molecule has 1 aliphatic rings. The van der Waals surface area contributed by atoms with Gasteiger partial charge in [-0.25, -0.2) is 9.50 Å². The number of carbonyl (C=O) groups is 1. The molecule has 1 aliphatic heterocycles. The van der Waals surface area contributed by atoms with Crippen LogP contribution in [0.15, 0.2) is 66.9 Å². The molecule has 174 valence electrons.